The van der Waals surface area contributed by atoms with E-state index < -0.39 is 0 Å². The van der Waals surface area contributed by atoms with Gasteiger partial charge in [-0.15, -0.1) is 0 Å². The quantitative estimate of drug-likeness (QED) is 0.762. The number of carbonyl (C=O) groups is 1. The Morgan fingerprint density at radius 3 is 2.47 bits per heavy atom. The highest BCUT2D eigenvalue weighted by Crippen LogP contribution is 2.15. The molecule has 2 aromatic rings. The first-order valence-corrected chi connectivity index (χ1v) is 5.42. The van der Waals surface area contributed by atoms with E-state index in [4.69, 9.17) is 0 Å². The molecule has 0 aliphatic heterocycles. The Morgan fingerprint density at radius 1 is 1.20 bits per heavy atom. The fourth-order valence-electron chi connectivity index (χ4n) is 1.47. The van der Waals surface area contributed by atoms with Gasteiger partial charge in [0, 0.05) is 11.9 Å². The molecule has 0 N–H and O–H groups in total. The number of halogens is 1. The molecule has 0 bridgehead atoms. The number of hydrogen-bond donors (Lipinski definition) is 0. The van der Waals surface area contributed by atoms with Crippen LogP contribution in [-0.4, -0.2) is 9.26 Å². The lowest BCUT2D eigenvalue weighted by Crippen LogP contribution is -2.00. The summed E-state index contributed by atoms with van der Waals surface area (Å²) in [6.07, 6.45) is 1.87. The van der Waals surface area contributed by atoms with Crippen LogP contribution in [0.5, 0.6) is 0 Å². The number of aryl methyl sites for hydroxylation is 1. The van der Waals surface area contributed by atoms with Crippen molar-refractivity contribution in [2.24, 2.45) is 0 Å². The summed E-state index contributed by atoms with van der Waals surface area (Å²) in [5.41, 5.74) is 2.84. The first-order valence-electron chi connectivity index (χ1n) is 4.63. The summed E-state index contributed by atoms with van der Waals surface area (Å²) >= 11 is 2.96. The molecule has 1 heterocycles. The van der Waals surface area contributed by atoms with Crippen molar-refractivity contribution in [3.05, 3.63) is 53.9 Å². The van der Waals surface area contributed by atoms with Crippen LogP contribution in [0.15, 0.2) is 42.6 Å². The van der Waals surface area contributed by atoms with E-state index in [0.717, 1.165) is 5.69 Å². The molecule has 2 nitrogen and oxygen atoms in total. The number of carbonyl (C=O) groups excluding carboxylic acids is 1. The van der Waals surface area contributed by atoms with Crippen LogP contribution >= 0.6 is 15.9 Å². The third-order valence-corrected chi connectivity index (χ3v) is 2.67. The largest absolute Gasteiger partial charge is 0.313 e. The van der Waals surface area contributed by atoms with Gasteiger partial charge >= 0.3 is 0 Å². The summed E-state index contributed by atoms with van der Waals surface area (Å²) in [4.78, 5) is 11.3. The lowest BCUT2D eigenvalue weighted by atomic mass is 10.2. The summed E-state index contributed by atoms with van der Waals surface area (Å²) < 4.78 is 1.75. The highest BCUT2D eigenvalue weighted by molar-refractivity contribution is 9.18. The second-order valence-electron chi connectivity index (χ2n) is 3.37. The van der Waals surface area contributed by atoms with E-state index in [2.05, 4.69) is 15.9 Å². The van der Waals surface area contributed by atoms with Gasteiger partial charge in [0.15, 0.2) is 0 Å². The van der Waals surface area contributed by atoms with E-state index >= 15 is 0 Å². The van der Waals surface area contributed by atoms with Crippen molar-refractivity contribution in [3.8, 4) is 5.69 Å². The van der Waals surface area contributed by atoms with Gasteiger partial charge in [0.25, 0.3) is 0 Å². The van der Waals surface area contributed by atoms with Crippen LogP contribution in [0.4, 0.5) is 0 Å². The second kappa shape index (κ2) is 4.03. The minimum Gasteiger partial charge on any atom is -0.313 e. The topological polar surface area (TPSA) is 22.0 Å². The first kappa shape index (κ1) is 10.2. The highest BCUT2D eigenvalue weighted by atomic mass is 79.9. The zero-order chi connectivity index (χ0) is 10.8. The monoisotopic (exact) mass is 263 g/mol. The predicted octanol–water partition coefficient (Wildman–Crippen LogP) is 3.32. The standard InChI is InChI=1S/C12H10BrNO/c1-9-4-6-10(7-5-9)14-8-2-3-11(14)12(13)15/h2-8H,1H3. The third-order valence-electron chi connectivity index (χ3n) is 2.26. The van der Waals surface area contributed by atoms with Gasteiger partial charge in [0.05, 0.1) is 0 Å². The van der Waals surface area contributed by atoms with Crippen LogP contribution < -0.4 is 0 Å². The minimum absolute atomic E-state index is 0.104. The molecule has 15 heavy (non-hydrogen) atoms. The highest BCUT2D eigenvalue weighted by Gasteiger charge is 2.07. The Kier molecular flexibility index (Phi) is 2.73. The molecule has 0 atom stereocenters. The van der Waals surface area contributed by atoms with Crippen LogP contribution in [0.25, 0.3) is 5.69 Å². The van der Waals surface area contributed by atoms with E-state index in [1.165, 1.54) is 5.56 Å². The smallest absolute Gasteiger partial charge is 0.244 e. The van der Waals surface area contributed by atoms with Crippen LogP contribution in [0, 0.1) is 6.92 Å². The van der Waals surface area contributed by atoms with E-state index in [1.807, 2.05) is 48.0 Å². The molecule has 0 aliphatic rings. The molecule has 0 fully saturated rings. The average Bonchev–Trinajstić information content (AvgIpc) is 2.67. The molecular formula is C12H10BrNO. The fourth-order valence-corrected chi connectivity index (χ4v) is 1.79. The molecule has 0 unspecified atom stereocenters. The predicted molar refractivity (Wildman–Crippen MR) is 63.8 cm³/mol. The van der Waals surface area contributed by atoms with E-state index in [9.17, 15) is 4.79 Å². The summed E-state index contributed by atoms with van der Waals surface area (Å²) in [5, 5.41) is 0. The summed E-state index contributed by atoms with van der Waals surface area (Å²) in [7, 11) is 0. The van der Waals surface area contributed by atoms with Crippen molar-refractivity contribution in [1.82, 2.24) is 4.57 Å². The van der Waals surface area contributed by atoms with Gasteiger partial charge < -0.3 is 4.57 Å². The van der Waals surface area contributed by atoms with Crippen molar-refractivity contribution in [1.29, 1.82) is 0 Å². The van der Waals surface area contributed by atoms with Crippen LogP contribution in [0.1, 0.15) is 16.1 Å². The van der Waals surface area contributed by atoms with Gasteiger partial charge in [-0.2, -0.15) is 0 Å². The van der Waals surface area contributed by atoms with E-state index in [1.54, 1.807) is 6.07 Å². The van der Waals surface area contributed by atoms with E-state index in [-0.39, 0.29) is 4.69 Å². The zero-order valence-electron chi connectivity index (χ0n) is 8.27. The molecule has 0 saturated carbocycles. The van der Waals surface area contributed by atoms with Gasteiger partial charge in [-0.05, 0) is 47.1 Å². The fraction of sp³-hybridized carbons (Fsp3) is 0.0833. The molecule has 0 saturated heterocycles. The van der Waals surface area contributed by atoms with Crippen LogP contribution in [0.3, 0.4) is 0 Å². The number of aromatic nitrogens is 1. The van der Waals surface area contributed by atoms with Gasteiger partial charge in [0.2, 0.25) is 4.69 Å². The molecule has 0 aliphatic carbocycles. The van der Waals surface area contributed by atoms with Gasteiger partial charge in [-0.1, -0.05) is 17.7 Å². The molecule has 0 amide bonds. The van der Waals surface area contributed by atoms with Gasteiger partial charge in [0.1, 0.15) is 5.69 Å². The Balaban J connectivity index is 2.49. The Hall–Kier alpha value is -1.35. The molecular weight excluding hydrogens is 254 g/mol. The van der Waals surface area contributed by atoms with Crippen molar-refractivity contribution in [2.75, 3.05) is 0 Å². The second-order valence-corrected chi connectivity index (χ2v) is 4.09. The van der Waals surface area contributed by atoms with Crippen LogP contribution in [0.2, 0.25) is 0 Å². The van der Waals surface area contributed by atoms with Crippen molar-refractivity contribution in [2.45, 2.75) is 6.92 Å². The number of hydrogen-bond acceptors (Lipinski definition) is 1. The number of rotatable bonds is 2. The molecule has 1 aromatic carbocycles. The molecule has 0 radical (unpaired) electrons. The number of nitrogens with zero attached hydrogens (tertiary/aromatic N) is 1. The van der Waals surface area contributed by atoms with Crippen molar-refractivity contribution < 1.29 is 4.79 Å². The summed E-state index contributed by atoms with van der Waals surface area (Å²) in [6.45, 7) is 2.04. The normalized spacial score (nSPS) is 10.3. The minimum atomic E-state index is -0.104. The molecule has 1 aromatic heterocycles. The Labute approximate surface area is 96.7 Å². The first-order chi connectivity index (χ1) is 7.18. The van der Waals surface area contributed by atoms with Gasteiger partial charge in [-0.3, -0.25) is 4.79 Å². The third kappa shape index (κ3) is 2.02. The van der Waals surface area contributed by atoms with Crippen LogP contribution in [-0.2, 0) is 0 Å². The van der Waals surface area contributed by atoms with E-state index in [0.29, 0.717) is 5.69 Å². The lowest BCUT2D eigenvalue weighted by Gasteiger charge is -2.06. The van der Waals surface area contributed by atoms with Gasteiger partial charge in [-0.25, -0.2) is 0 Å². The lowest BCUT2D eigenvalue weighted by molar-refractivity contribution is 0.109. The SMILES string of the molecule is Cc1ccc(-n2cccc2C(=O)Br)cc1. The van der Waals surface area contributed by atoms with Crippen molar-refractivity contribution in [3.63, 3.8) is 0 Å². The number of benzene rings is 1. The maximum atomic E-state index is 11.3. The zero-order valence-corrected chi connectivity index (χ0v) is 9.86. The summed E-state index contributed by atoms with van der Waals surface area (Å²) in [6, 6.07) is 11.7. The summed E-state index contributed by atoms with van der Waals surface area (Å²) in [5.74, 6) is 0. The maximum Gasteiger partial charge on any atom is 0.244 e. The Morgan fingerprint density at radius 2 is 1.87 bits per heavy atom. The van der Waals surface area contributed by atoms with Crippen molar-refractivity contribution >= 4 is 20.6 Å². The molecule has 0 spiro atoms. The maximum absolute atomic E-state index is 11.3. The molecule has 2 rings (SSSR count). The average molecular weight is 264 g/mol. The molecule has 3 heteroatoms. The Bertz CT molecular complexity index is 485. The molecule has 76 valence electrons.